The second-order valence-electron chi connectivity index (χ2n) is 7.87. The number of allylic oxidation sites excluding steroid dienone is 1. The summed E-state index contributed by atoms with van der Waals surface area (Å²) in [4.78, 5) is 20.2. The zero-order valence-electron chi connectivity index (χ0n) is 17.7. The Bertz CT molecular complexity index is 1120. The van der Waals surface area contributed by atoms with E-state index in [0.29, 0.717) is 11.4 Å². The lowest BCUT2D eigenvalue weighted by molar-refractivity contribution is -0.137. The van der Waals surface area contributed by atoms with Gasteiger partial charge in [0.25, 0.3) is 0 Å². The number of amides is 1. The zero-order chi connectivity index (χ0) is 23.3. The van der Waals surface area contributed by atoms with E-state index in [2.05, 4.69) is 21.4 Å². The topological polar surface area (TPSA) is 64.1 Å². The van der Waals surface area contributed by atoms with E-state index in [1.54, 1.807) is 24.5 Å². The molecule has 170 valence electrons. The van der Waals surface area contributed by atoms with E-state index in [1.807, 2.05) is 24.3 Å². The molecule has 0 aliphatic heterocycles. The van der Waals surface area contributed by atoms with Crippen LogP contribution in [-0.4, -0.2) is 15.9 Å². The van der Waals surface area contributed by atoms with E-state index in [0.717, 1.165) is 43.5 Å². The number of nitrogens with zero attached hydrogens (tertiary/aromatic N) is 2. The Kier molecular flexibility index (Phi) is 6.72. The summed E-state index contributed by atoms with van der Waals surface area (Å²) in [5, 5.41) is 2.91. The van der Waals surface area contributed by atoms with Crippen LogP contribution in [0, 0.1) is 5.92 Å². The molecule has 33 heavy (non-hydrogen) atoms. The van der Waals surface area contributed by atoms with Crippen LogP contribution in [-0.2, 0) is 11.0 Å². The molecular formula is C25H22F3N3O2. The molecule has 0 radical (unpaired) electrons. The molecule has 1 amide bonds. The van der Waals surface area contributed by atoms with E-state index in [-0.39, 0.29) is 17.7 Å². The van der Waals surface area contributed by atoms with Gasteiger partial charge in [0.1, 0.15) is 5.75 Å². The third-order valence-corrected chi connectivity index (χ3v) is 5.44. The van der Waals surface area contributed by atoms with E-state index in [9.17, 15) is 18.0 Å². The van der Waals surface area contributed by atoms with Gasteiger partial charge in [-0.05, 0) is 61.6 Å². The number of hydrogen-bond acceptors (Lipinski definition) is 4. The Morgan fingerprint density at radius 2 is 1.88 bits per heavy atom. The minimum atomic E-state index is -4.43. The van der Waals surface area contributed by atoms with Crippen LogP contribution < -0.4 is 10.1 Å². The molecule has 4 rings (SSSR count). The van der Waals surface area contributed by atoms with Gasteiger partial charge < -0.3 is 10.1 Å². The summed E-state index contributed by atoms with van der Waals surface area (Å²) in [6.07, 6.45) is 4.84. The van der Waals surface area contributed by atoms with Gasteiger partial charge in [0.2, 0.25) is 11.8 Å². The third kappa shape index (κ3) is 6.19. The first-order valence-corrected chi connectivity index (χ1v) is 10.6. The van der Waals surface area contributed by atoms with Gasteiger partial charge in [-0.3, -0.25) is 9.78 Å². The molecule has 1 N–H and O–H groups in total. The standard InChI is InChI=1S/C25H22F3N3O2/c26-25(27,28)20-10-11-23(30-15-20)33-22-5-1-3-18(14-22)13-17-6-8-19(9-7-17)24(32)31-21-4-2-12-29-16-21/h1-5,10-16,19H,6-9H2,(H,31,32). The average molecular weight is 453 g/mol. The number of halogens is 3. The summed E-state index contributed by atoms with van der Waals surface area (Å²) in [7, 11) is 0. The van der Waals surface area contributed by atoms with Crippen molar-refractivity contribution in [2.45, 2.75) is 31.9 Å². The second-order valence-corrected chi connectivity index (χ2v) is 7.87. The normalized spacial score (nSPS) is 16.2. The number of nitrogens with one attached hydrogen (secondary N) is 1. The van der Waals surface area contributed by atoms with E-state index < -0.39 is 11.7 Å². The van der Waals surface area contributed by atoms with Crippen molar-refractivity contribution in [3.05, 3.63) is 83.8 Å². The minimum Gasteiger partial charge on any atom is -0.439 e. The van der Waals surface area contributed by atoms with E-state index in [1.165, 1.54) is 11.6 Å². The number of hydrogen-bond donors (Lipinski definition) is 1. The van der Waals surface area contributed by atoms with Crippen molar-refractivity contribution in [1.82, 2.24) is 9.97 Å². The summed E-state index contributed by atoms with van der Waals surface area (Å²) in [6.45, 7) is 0. The van der Waals surface area contributed by atoms with Crippen molar-refractivity contribution in [3.63, 3.8) is 0 Å². The molecule has 2 aromatic heterocycles. The molecule has 1 aliphatic rings. The maximum Gasteiger partial charge on any atom is 0.417 e. The van der Waals surface area contributed by atoms with Crippen molar-refractivity contribution >= 4 is 17.7 Å². The van der Waals surface area contributed by atoms with Crippen LogP contribution in [0.4, 0.5) is 18.9 Å². The molecule has 1 fully saturated rings. The van der Waals surface area contributed by atoms with Crippen molar-refractivity contribution in [1.29, 1.82) is 0 Å². The number of pyridine rings is 2. The number of benzene rings is 1. The number of anilines is 1. The number of ether oxygens (including phenoxy) is 1. The largest absolute Gasteiger partial charge is 0.439 e. The van der Waals surface area contributed by atoms with Gasteiger partial charge in [-0.2, -0.15) is 13.2 Å². The third-order valence-electron chi connectivity index (χ3n) is 5.44. The Balaban J connectivity index is 1.34. The highest BCUT2D eigenvalue weighted by Gasteiger charge is 2.30. The number of alkyl halides is 3. The molecule has 0 bridgehead atoms. The van der Waals surface area contributed by atoms with E-state index >= 15 is 0 Å². The monoisotopic (exact) mass is 453 g/mol. The number of carbonyl (C=O) groups is 1. The molecule has 0 saturated heterocycles. The number of rotatable bonds is 5. The van der Waals surface area contributed by atoms with E-state index in [4.69, 9.17) is 4.74 Å². The zero-order valence-corrected chi connectivity index (χ0v) is 17.7. The molecule has 0 spiro atoms. The molecule has 1 aromatic carbocycles. The molecule has 8 heteroatoms. The fraction of sp³-hybridized carbons (Fsp3) is 0.240. The smallest absolute Gasteiger partial charge is 0.417 e. The molecule has 5 nitrogen and oxygen atoms in total. The fourth-order valence-corrected chi connectivity index (χ4v) is 3.71. The summed E-state index contributed by atoms with van der Waals surface area (Å²) in [5.74, 6) is 0.554. The van der Waals surface area contributed by atoms with Gasteiger partial charge in [-0.25, -0.2) is 4.98 Å². The van der Waals surface area contributed by atoms with Gasteiger partial charge >= 0.3 is 6.18 Å². The summed E-state index contributed by atoms with van der Waals surface area (Å²) < 4.78 is 43.6. The molecule has 0 atom stereocenters. The van der Waals surface area contributed by atoms with Gasteiger partial charge in [-0.1, -0.05) is 23.8 Å². The molecular weight excluding hydrogens is 431 g/mol. The minimum absolute atomic E-state index is 0.0153. The van der Waals surface area contributed by atoms with Crippen LogP contribution in [0.3, 0.4) is 0 Å². The SMILES string of the molecule is O=C(Nc1cccnc1)C1CCC(=Cc2cccc(Oc3ccc(C(F)(F)F)cn3)c2)CC1. The van der Waals surface area contributed by atoms with Crippen LogP contribution in [0.2, 0.25) is 0 Å². The predicted molar refractivity (Wildman–Crippen MR) is 119 cm³/mol. The van der Waals surface area contributed by atoms with Crippen LogP contribution in [0.5, 0.6) is 11.6 Å². The van der Waals surface area contributed by atoms with Gasteiger partial charge in [0, 0.05) is 24.4 Å². The predicted octanol–water partition coefficient (Wildman–Crippen LogP) is 6.50. The molecule has 3 aromatic rings. The van der Waals surface area contributed by atoms with Crippen LogP contribution in [0.1, 0.15) is 36.8 Å². The Morgan fingerprint density at radius 3 is 2.55 bits per heavy atom. The van der Waals surface area contributed by atoms with Gasteiger partial charge in [-0.15, -0.1) is 0 Å². The van der Waals surface area contributed by atoms with Crippen molar-refractivity contribution in [2.24, 2.45) is 5.92 Å². The highest BCUT2D eigenvalue weighted by molar-refractivity contribution is 5.92. The van der Waals surface area contributed by atoms with Gasteiger partial charge in [0.05, 0.1) is 17.4 Å². The number of aromatic nitrogens is 2. The molecule has 2 heterocycles. The lowest BCUT2D eigenvalue weighted by Crippen LogP contribution is -2.25. The number of carbonyl (C=O) groups excluding carboxylic acids is 1. The Labute approximate surface area is 189 Å². The maximum atomic E-state index is 12.7. The Hall–Kier alpha value is -3.68. The quantitative estimate of drug-likeness (QED) is 0.479. The highest BCUT2D eigenvalue weighted by atomic mass is 19.4. The molecule has 1 saturated carbocycles. The first-order valence-electron chi connectivity index (χ1n) is 10.6. The van der Waals surface area contributed by atoms with Gasteiger partial charge in [0.15, 0.2) is 0 Å². The highest BCUT2D eigenvalue weighted by Crippen LogP contribution is 2.32. The van der Waals surface area contributed by atoms with Crippen molar-refractivity contribution < 1.29 is 22.7 Å². The first kappa shape index (κ1) is 22.5. The average Bonchev–Trinajstić information content (AvgIpc) is 2.80. The summed E-state index contributed by atoms with van der Waals surface area (Å²) >= 11 is 0. The molecule has 1 aliphatic carbocycles. The second kappa shape index (κ2) is 9.85. The summed E-state index contributed by atoms with van der Waals surface area (Å²) in [5.41, 5.74) is 2.04. The van der Waals surface area contributed by atoms with Crippen LogP contribution in [0.25, 0.3) is 6.08 Å². The fourth-order valence-electron chi connectivity index (χ4n) is 3.71. The first-order chi connectivity index (χ1) is 15.9. The van der Waals surface area contributed by atoms with Crippen LogP contribution >= 0.6 is 0 Å². The van der Waals surface area contributed by atoms with Crippen LogP contribution in [0.15, 0.2) is 72.7 Å². The Morgan fingerprint density at radius 1 is 1.06 bits per heavy atom. The van der Waals surface area contributed by atoms with Crippen molar-refractivity contribution in [3.8, 4) is 11.6 Å². The molecule has 0 unspecified atom stereocenters. The maximum absolute atomic E-state index is 12.7. The summed E-state index contributed by atoms with van der Waals surface area (Å²) in [6, 6.07) is 13.0. The lowest BCUT2D eigenvalue weighted by Gasteiger charge is -2.23. The van der Waals surface area contributed by atoms with Crippen molar-refractivity contribution in [2.75, 3.05) is 5.32 Å². The lowest BCUT2D eigenvalue weighted by atomic mass is 9.84.